The summed E-state index contributed by atoms with van der Waals surface area (Å²) >= 11 is 0. The fraction of sp³-hybridized carbons (Fsp3) is 0.440. The summed E-state index contributed by atoms with van der Waals surface area (Å²) in [6, 6.07) is 15.1. The van der Waals surface area contributed by atoms with E-state index in [-0.39, 0.29) is 11.9 Å². The van der Waals surface area contributed by atoms with Crippen molar-refractivity contribution in [3.8, 4) is 0 Å². The molecule has 174 valence electrons. The van der Waals surface area contributed by atoms with Crippen molar-refractivity contribution in [1.82, 2.24) is 0 Å². The normalized spacial score (nSPS) is 10.5. The molecule has 32 heavy (non-hydrogen) atoms. The molecule has 0 unspecified atom stereocenters. The summed E-state index contributed by atoms with van der Waals surface area (Å²) in [5.41, 5.74) is 19.6. The van der Waals surface area contributed by atoms with Crippen molar-refractivity contribution in [1.29, 1.82) is 0 Å². The van der Waals surface area contributed by atoms with E-state index in [1.54, 1.807) is 0 Å². The van der Waals surface area contributed by atoms with Gasteiger partial charge in [-0.3, -0.25) is 4.79 Å². The van der Waals surface area contributed by atoms with Crippen LogP contribution in [0.25, 0.3) is 0 Å². The van der Waals surface area contributed by atoms with Crippen molar-refractivity contribution < 1.29 is 4.79 Å². The topological polar surface area (TPSA) is 132 Å². The molecule has 2 aromatic rings. The van der Waals surface area contributed by atoms with E-state index in [0.717, 1.165) is 42.9 Å². The number of hydrogen-bond donors (Lipinski definition) is 5. The van der Waals surface area contributed by atoms with Crippen LogP contribution in [0.3, 0.4) is 0 Å². The van der Waals surface area contributed by atoms with E-state index < -0.39 is 0 Å². The number of carbonyl (C=O) groups excluding carboxylic acids is 1. The van der Waals surface area contributed by atoms with Gasteiger partial charge in [0.25, 0.3) is 0 Å². The Hall–Kier alpha value is -3.06. The molecule has 0 spiro atoms. The molecule has 0 fully saturated rings. The summed E-state index contributed by atoms with van der Waals surface area (Å²) < 4.78 is 0. The average Bonchev–Trinajstić information content (AvgIpc) is 2.77. The SMILES string of the molecule is NCCCCCCCCCCCC(=O)Nc1ccc(Nc2ccc(N=C(N)N)cc2)cc1. The van der Waals surface area contributed by atoms with E-state index in [4.69, 9.17) is 17.2 Å². The van der Waals surface area contributed by atoms with Gasteiger partial charge in [-0.05, 0) is 67.9 Å². The molecule has 0 bridgehead atoms. The number of nitrogens with zero attached hydrogens (tertiary/aromatic N) is 1. The molecular formula is C25H38N6O. The van der Waals surface area contributed by atoms with Gasteiger partial charge < -0.3 is 27.8 Å². The lowest BCUT2D eigenvalue weighted by atomic mass is 10.1. The van der Waals surface area contributed by atoms with E-state index in [1.165, 1.54) is 38.5 Å². The van der Waals surface area contributed by atoms with Gasteiger partial charge in [-0.15, -0.1) is 0 Å². The fourth-order valence-electron chi connectivity index (χ4n) is 3.46. The number of hydrogen-bond acceptors (Lipinski definition) is 4. The molecule has 0 aliphatic heterocycles. The minimum Gasteiger partial charge on any atom is -0.370 e. The van der Waals surface area contributed by atoms with E-state index in [9.17, 15) is 4.79 Å². The molecule has 1 amide bonds. The zero-order valence-electron chi connectivity index (χ0n) is 19.0. The number of anilines is 3. The number of guanidine groups is 1. The Bertz CT molecular complexity index is 813. The Balaban J connectivity index is 1.61. The lowest BCUT2D eigenvalue weighted by Gasteiger charge is -2.09. The molecule has 2 rings (SSSR count). The molecule has 0 radical (unpaired) electrons. The highest BCUT2D eigenvalue weighted by Gasteiger charge is 2.03. The summed E-state index contributed by atoms with van der Waals surface area (Å²) in [5.74, 6) is 0.107. The van der Waals surface area contributed by atoms with Gasteiger partial charge in [0.1, 0.15) is 0 Å². The number of aliphatic imine (C=N–C) groups is 1. The van der Waals surface area contributed by atoms with Crippen molar-refractivity contribution in [2.45, 2.75) is 64.2 Å². The van der Waals surface area contributed by atoms with Crippen LogP contribution in [0, 0.1) is 0 Å². The maximum atomic E-state index is 12.2. The summed E-state index contributed by atoms with van der Waals surface area (Å²) in [6.45, 7) is 0.806. The number of carbonyl (C=O) groups is 1. The molecule has 8 N–H and O–H groups in total. The van der Waals surface area contributed by atoms with Crippen molar-refractivity contribution in [3.05, 3.63) is 48.5 Å². The Labute approximate surface area is 191 Å². The largest absolute Gasteiger partial charge is 0.370 e. The number of nitrogens with two attached hydrogens (primary N) is 3. The standard InChI is InChI=1S/C25H38N6O/c26-19-9-7-5-3-1-2-4-6-8-10-24(32)30-22-15-11-20(12-16-22)29-21-13-17-23(18-14-21)31-25(27)28/h11-18,29H,1-10,19,26H2,(H,30,32)(H4,27,28,31). The molecule has 7 nitrogen and oxygen atoms in total. The van der Waals surface area contributed by atoms with Crippen LogP contribution in [-0.2, 0) is 4.79 Å². The van der Waals surface area contributed by atoms with Crippen LogP contribution in [0.5, 0.6) is 0 Å². The number of rotatable bonds is 15. The van der Waals surface area contributed by atoms with Crippen LogP contribution in [0.15, 0.2) is 53.5 Å². The van der Waals surface area contributed by atoms with Crippen LogP contribution in [0.2, 0.25) is 0 Å². The van der Waals surface area contributed by atoms with Crippen LogP contribution in [0.1, 0.15) is 64.2 Å². The van der Waals surface area contributed by atoms with Crippen LogP contribution < -0.4 is 27.8 Å². The van der Waals surface area contributed by atoms with Gasteiger partial charge in [0, 0.05) is 23.5 Å². The Morgan fingerprint density at radius 1 is 0.688 bits per heavy atom. The molecule has 0 saturated heterocycles. The second-order valence-corrected chi connectivity index (χ2v) is 8.05. The predicted molar refractivity (Wildman–Crippen MR) is 135 cm³/mol. The van der Waals surface area contributed by atoms with Crippen LogP contribution in [-0.4, -0.2) is 18.4 Å². The van der Waals surface area contributed by atoms with Gasteiger partial charge in [0.15, 0.2) is 5.96 Å². The van der Waals surface area contributed by atoms with Crippen LogP contribution in [0.4, 0.5) is 22.7 Å². The number of nitrogens with one attached hydrogen (secondary N) is 2. The monoisotopic (exact) mass is 438 g/mol. The molecule has 7 heteroatoms. The molecule has 0 heterocycles. The average molecular weight is 439 g/mol. The molecule has 0 aromatic heterocycles. The predicted octanol–water partition coefficient (Wildman–Crippen LogP) is 5.13. The minimum absolute atomic E-state index is 0.0352. The van der Waals surface area contributed by atoms with Crippen LogP contribution >= 0.6 is 0 Å². The van der Waals surface area contributed by atoms with Crippen molar-refractivity contribution in [2.75, 3.05) is 17.2 Å². The number of amides is 1. The highest BCUT2D eigenvalue weighted by atomic mass is 16.1. The molecule has 0 aliphatic carbocycles. The Morgan fingerprint density at radius 3 is 1.69 bits per heavy atom. The summed E-state index contributed by atoms with van der Waals surface area (Å²) in [5, 5.41) is 6.28. The van der Waals surface area contributed by atoms with Gasteiger partial charge in [-0.1, -0.05) is 44.9 Å². The molecule has 0 saturated carbocycles. The van der Waals surface area contributed by atoms with E-state index in [2.05, 4.69) is 15.6 Å². The number of benzene rings is 2. The summed E-state index contributed by atoms with van der Waals surface area (Å²) in [6.07, 6.45) is 11.4. The second kappa shape index (κ2) is 14.9. The maximum Gasteiger partial charge on any atom is 0.224 e. The first-order valence-corrected chi connectivity index (χ1v) is 11.6. The van der Waals surface area contributed by atoms with Gasteiger partial charge >= 0.3 is 0 Å². The smallest absolute Gasteiger partial charge is 0.224 e. The third-order valence-corrected chi connectivity index (χ3v) is 5.19. The fourth-order valence-corrected chi connectivity index (χ4v) is 3.46. The minimum atomic E-state index is 0.0352. The Morgan fingerprint density at radius 2 is 1.16 bits per heavy atom. The molecule has 0 aliphatic rings. The van der Waals surface area contributed by atoms with Gasteiger partial charge in [-0.25, -0.2) is 4.99 Å². The quantitative estimate of drug-likeness (QED) is 0.149. The van der Waals surface area contributed by atoms with Gasteiger partial charge in [0.2, 0.25) is 5.91 Å². The molecule has 0 atom stereocenters. The van der Waals surface area contributed by atoms with Crippen molar-refractivity contribution >= 4 is 34.6 Å². The third kappa shape index (κ3) is 10.8. The maximum absolute atomic E-state index is 12.2. The highest BCUT2D eigenvalue weighted by Crippen LogP contribution is 2.22. The summed E-state index contributed by atoms with van der Waals surface area (Å²) in [4.78, 5) is 16.2. The van der Waals surface area contributed by atoms with Crippen molar-refractivity contribution in [2.24, 2.45) is 22.2 Å². The number of unbranched alkanes of at least 4 members (excludes halogenated alkanes) is 8. The lowest BCUT2D eigenvalue weighted by molar-refractivity contribution is -0.116. The lowest BCUT2D eigenvalue weighted by Crippen LogP contribution is -2.21. The van der Waals surface area contributed by atoms with E-state index in [1.807, 2.05) is 48.5 Å². The highest BCUT2D eigenvalue weighted by molar-refractivity contribution is 5.90. The van der Waals surface area contributed by atoms with Gasteiger partial charge in [-0.2, -0.15) is 0 Å². The third-order valence-electron chi connectivity index (χ3n) is 5.19. The Kier molecular flexibility index (Phi) is 11.7. The molecular weight excluding hydrogens is 400 g/mol. The zero-order chi connectivity index (χ0) is 23.0. The second-order valence-electron chi connectivity index (χ2n) is 8.05. The first kappa shape index (κ1) is 25.2. The zero-order valence-corrected chi connectivity index (χ0v) is 19.0. The molecule has 2 aromatic carbocycles. The summed E-state index contributed by atoms with van der Waals surface area (Å²) in [7, 11) is 0. The van der Waals surface area contributed by atoms with E-state index >= 15 is 0 Å². The first-order valence-electron chi connectivity index (χ1n) is 11.6. The van der Waals surface area contributed by atoms with E-state index in [0.29, 0.717) is 12.1 Å². The van der Waals surface area contributed by atoms with Crippen molar-refractivity contribution in [3.63, 3.8) is 0 Å². The van der Waals surface area contributed by atoms with Gasteiger partial charge in [0.05, 0.1) is 5.69 Å². The first-order chi connectivity index (χ1) is 15.6.